The van der Waals surface area contributed by atoms with Crippen molar-refractivity contribution in [3.8, 4) is 0 Å². The number of amides is 1. The molecule has 2 rings (SSSR count). The largest absolute Gasteiger partial charge is 0.464 e. The van der Waals surface area contributed by atoms with Crippen molar-refractivity contribution in [3.63, 3.8) is 0 Å². The Hall–Kier alpha value is -2.50. The lowest BCUT2D eigenvalue weighted by Crippen LogP contribution is -2.58. The molecule has 0 radical (unpaired) electrons. The number of hydrogen-bond donors (Lipinski definition) is 0. The van der Waals surface area contributed by atoms with Crippen molar-refractivity contribution in [2.75, 3.05) is 6.61 Å². The molecule has 1 unspecified atom stereocenters. The van der Waals surface area contributed by atoms with Crippen molar-refractivity contribution in [2.45, 2.75) is 46.6 Å². The van der Waals surface area contributed by atoms with E-state index < -0.39 is 23.2 Å². The van der Waals surface area contributed by atoms with Gasteiger partial charge in [0, 0.05) is 23.1 Å². The summed E-state index contributed by atoms with van der Waals surface area (Å²) in [6, 6.07) is 8.48. The molecule has 1 aliphatic heterocycles. The Labute approximate surface area is 147 Å². The molecule has 0 N–H and O–H groups in total. The second-order valence-electron chi connectivity index (χ2n) is 7.09. The Kier molecular flexibility index (Phi) is 5.11. The molecule has 1 atom stereocenters. The number of esters is 1. The molecular formula is C19H24N2O4. The number of carbonyl (C=O) groups is 3. The highest BCUT2D eigenvalue weighted by Crippen LogP contribution is 2.37. The Bertz CT molecular complexity index is 719. The van der Waals surface area contributed by atoms with E-state index in [1.807, 2.05) is 20.8 Å². The van der Waals surface area contributed by atoms with E-state index in [0.29, 0.717) is 11.3 Å². The van der Waals surface area contributed by atoms with Gasteiger partial charge in [0.15, 0.2) is 5.78 Å². The van der Waals surface area contributed by atoms with Crippen molar-refractivity contribution in [3.05, 3.63) is 35.9 Å². The standard InChI is InChI=1S/C19H24N2O4/c1-6-25-17(24)19(13(2)22)12-15(18(3,4)5)20-21(19)16(23)14-10-8-7-9-11-14/h7-11H,6,12H2,1-5H3. The SMILES string of the molecule is CCOC(=O)C1(C(C)=O)CC(C(C)(C)C)=NN1C(=O)c1ccccc1. The number of benzene rings is 1. The highest BCUT2D eigenvalue weighted by Gasteiger charge is 2.58. The van der Waals surface area contributed by atoms with E-state index >= 15 is 0 Å². The smallest absolute Gasteiger partial charge is 0.342 e. The Morgan fingerprint density at radius 2 is 1.80 bits per heavy atom. The van der Waals surface area contributed by atoms with Crippen LogP contribution in [0.15, 0.2) is 35.4 Å². The summed E-state index contributed by atoms with van der Waals surface area (Å²) in [4.78, 5) is 38.3. The van der Waals surface area contributed by atoms with Crippen LogP contribution in [0.1, 0.15) is 51.4 Å². The molecule has 1 aliphatic rings. The van der Waals surface area contributed by atoms with E-state index in [2.05, 4.69) is 5.10 Å². The molecule has 1 aromatic rings. The lowest BCUT2D eigenvalue weighted by Gasteiger charge is -2.31. The third-order valence-electron chi connectivity index (χ3n) is 4.28. The van der Waals surface area contributed by atoms with E-state index in [1.54, 1.807) is 37.3 Å². The molecule has 0 aromatic heterocycles. The van der Waals surface area contributed by atoms with E-state index in [4.69, 9.17) is 4.74 Å². The molecular weight excluding hydrogens is 320 g/mol. The first-order valence-corrected chi connectivity index (χ1v) is 8.30. The topological polar surface area (TPSA) is 76.0 Å². The van der Waals surface area contributed by atoms with Crippen LogP contribution in [0.2, 0.25) is 0 Å². The zero-order chi connectivity index (χ0) is 18.8. The lowest BCUT2D eigenvalue weighted by molar-refractivity contribution is -0.159. The normalized spacial score (nSPS) is 20.2. The van der Waals surface area contributed by atoms with Gasteiger partial charge in [-0.3, -0.25) is 9.59 Å². The van der Waals surface area contributed by atoms with E-state index in [0.717, 1.165) is 5.01 Å². The van der Waals surface area contributed by atoms with Crippen LogP contribution in [0.3, 0.4) is 0 Å². The zero-order valence-corrected chi connectivity index (χ0v) is 15.3. The zero-order valence-electron chi connectivity index (χ0n) is 15.3. The molecule has 0 bridgehead atoms. The maximum absolute atomic E-state index is 13.0. The Morgan fingerprint density at radius 1 is 1.20 bits per heavy atom. The first-order valence-electron chi connectivity index (χ1n) is 8.30. The number of hydrazone groups is 1. The van der Waals surface area contributed by atoms with Crippen LogP contribution >= 0.6 is 0 Å². The van der Waals surface area contributed by atoms with Crippen LogP contribution in [0.5, 0.6) is 0 Å². The molecule has 1 heterocycles. The number of ether oxygens (including phenoxy) is 1. The molecule has 0 aliphatic carbocycles. The van der Waals surface area contributed by atoms with Gasteiger partial charge < -0.3 is 4.74 Å². The Morgan fingerprint density at radius 3 is 2.28 bits per heavy atom. The van der Waals surface area contributed by atoms with Gasteiger partial charge in [-0.1, -0.05) is 39.0 Å². The Balaban J connectivity index is 2.59. The van der Waals surface area contributed by atoms with Crippen LogP contribution in [0, 0.1) is 5.41 Å². The summed E-state index contributed by atoms with van der Waals surface area (Å²) >= 11 is 0. The molecule has 0 spiro atoms. The van der Waals surface area contributed by atoms with Gasteiger partial charge in [-0.15, -0.1) is 0 Å². The van der Waals surface area contributed by atoms with Gasteiger partial charge in [-0.2, -0.15) is 5.10 Å². The molecule has 6 nitrogen and oxygen atoms in total. The summed E-state index contributed by atoms with van der Waals surface area (Å²) < 4.78 is 5.14. The van der Waals surface area contributed by atoms with Crippen molar-refractivity contribution >= 4 is 23.4 Å². The van der Waals surface area contributed by atoms with Crippen LogP contribution < -0.4 is 0 Å². The van der Waals surface area contributed by atoms with Crippen molar-refractivity contribution in [1.29, 1.82) is 0 Å². The van der Waals surface area contributed by atoms with E-state index in [1.165, 1.54) is 6.92 Å². The number of Topliss-reactive ketones (excluding diaryl/α,β-unsaturated/α-hetero) is 1. The second-order valence-corrected chi connectivity index (χ2v) is 7.09. The second kappa shape index (κ2) is 6.78. The van der Waals surface area contributed by atoms with E-state index in [9.17, 15) is 14.4 Å². The lowest BCUT2D eigenvalue weighted by atomic mass is 9.80. The van der Waals surface area contributed by atoms with E-state index in [-0.39, 0.29) is 18.4 Å². The first-order chi connectivity index (χ1) is 11.6. The summed E-state index contributed by atoms with van der Waals surface area (Å²) in [6.07, 6.45) is 0.0449. The van der Waals surface area contributed by atoms with Crippen LogP contribution in [0.25, 0.3) is 0 Å². The first kappa shape index (κ1) is 18.8. The number of ketones is 1. The maximum Gasteiger partial charge on any atom is 0.342 e. The minimum atomic E-state index is -1.74. The molecule has 134 valence electrons. The monoisotopic (exact) mass is 344 g/mol. The fourth-order valence-corrected chi connectivity index (χ4v) is 2.72. The summed E-state index contributed by atoms with van der Waals surface area (Å²) in [5, 5.41) is 5.41. The van der Waals surface area contributed by atoms with Crippen molar-refractivity contribution in [1.82, 2.24) is 5.01 Å². The summed E-state index contributed by atoms with van der Waals surface area (Å²) in [5.41, 5.74) is -1.17. The van der Waals surface area contributed by atoms with Crippen molar-refractivity contribution in [2.24, 2.45) is 10.5 Å². The summed E-state index contributed by atoms with van der Waals surface area (Å²) in [6.45, 7) is 8.86. The average molecular weight is 344 g/mol. The highest BCUT2D eigenvalue weighted by molar-refractivity contribution is 6.17. The number of nitrogens with zero attached hydrogens (tertiary/aromatic N) is 2. The molecule has 1 amide bonds. The molecule has 25 heavy (non-hydrogen) atoms. The van der Waals surface area contributed by atoms with Gasteiger partial charge in [0.2, 0.25) is 5.54 Å². The summed E-state index contributed by atoms with van der Waals surface area (Å²) in [7, 11) is 0. The average Bonchev–Trinajstić information content (AvgIpc) is 2.97. The van der Waals surface area contributed by atoms with Gasteiger partial charge in [-0.25, -0.2) is 9.80 Å². The fourth-order valence-electron chi connectivity index (χ4n) is 2.72. The van der Waals surface area contributed by atoms with Crippen LogP contribution in [0.4, 0.5) is 0 Å². The third-order valence-corrected chi connectivity index (χ3v) is 4.28. The summed E-state index contributed by atoms with van der Waals surface area (Å²) in [5.74, 6) is -1.70. The minimum Gasteiger partial charge on any atom is -0.464 e. The number of carbonyl (C=O) groups excluding carboxylic acids is 3. The predicted molar refractivity (Wildman–Crippen MR) is 94.2 cm³/mol. The van der Waals surface area contributed by atoms with Crippen LogP contribution in [-0.2, 0) is 14.3 Å². The van der Waals surface area contributed by atoms with Gasteiger partial charge >= 0.3 is 5.97 Å². The highest BCUT2D eigenvalue weighted by atomic mass is 16.5. The molecule has 1 aromatic carbocycles. The molecule has 0 saturated heterocycles. The minimum absolute atomic E-state index is 0.0449. The third kappa shape index (κ3) is 3.34. The van der Waals surface area contributed by atoms with Gasteiger partial charge in [0.25, 0.3) is 5.91 Å². The molecule has 6 heteroatoms. The maximum atomic E-state index is 13.0. The van der Waals surface area contributed by atoms with Gasteiger partial charge in [0.05, 0.1) is 6.61 Å². The fraction of sp³-hybridized carbons (Fsp3) is 0.474. The number of rotatable bonds is 4. The quantitative estimate of drug-likeness (QED) is 0.622. The van der Waals surface area contributed by atoms with Crippen LogP contribution in [-0.4, -0.2) is 40.5 Å². The molecule has 0 fully saturated rings. The number of hydrogen-bond acceptors (Lipinski definition) is 5. The predicted octanol–water partition coefficient (Wildman–Crippen LogP) is 2.83. The van der Waals surface area contributed by atoms with Gasteiger partial charge in [0.1, 0.15) is 0 Å². The van der Waals surface area contributed by atoms with Gasteiger partial charge in [-0.05, 0) is 26.0 Å². The van der Waals surface area contributed by atoms with Crippen molar-refractivity contribution < 1.29 is 19.1 Å². The molecule has 0 saturated carbocycles.